The minimum atomic E-state index is -0.0318. The quantitative estimate of drug-likeness (QED) is 0.789. The molecule has 0 saturated carbocycles. The fourth-order valence-electron chi connectivity index (χ4n) is 1.78. The second kappa shape index (κ2) is 6.41. The predicted octanol–water partition coefficient (Wildman–Crippen LogP) is 4.27. The summed E-state index contributed by atoms with van der Waals surface area (Å²) in [6, 6.07) is 18.9. The summed E-state index contributed by atoms with van der Waals surface area (Å²) in [5, 5.41) is 0. The van der Waals surface area contributed by atoms with E-state index in [4.69, 9.17) is 0 Å². The molecule has 0 bridgehead atoms. The van der Waals surface area contributed by atoms with Crippen molar-refractivity contribution in [3.63, 3.8) is 0 Å². The number of para-hydroxylation sites is 1. The molecule has 0 spiro atoms. The maximum absolute atomic E-state index is 4.21. The van der Waals surface area contributed by atoms with E-state index in [2.05, 4.69) is 72.1 Å². The third-order valence-electron chi connectivity index (χ3n) is 2.88. The van der Waals surface area contributed by atoms with E-state index in [1.54, 1.807) is 0 Å². The van der Waals surface area contributed by atoms with Crippen molar-refractivity contribution < 1.29 is 0 Å². The van der Waals surface area contributed by atoms with Crippen LogP contribution in [0.25, 0.3) is 0 Å². The summed E-state index contributed by atoms with van der Waals surface area (Å²) >= 11 is 0. The maximum Gasteiger partial charge on any atom is 0.0464 e. The molecular weight excluding hydrogens is 238 g/mol. The Kier molecular flexibility index (Phi) is 4.59. The van der Waals surface area contributed by atoms with Crippen LogP contribution in [0, 0.1) is 6.92 Å². The van der Waals surface area contributed by atoms with Crippen molar-refractivity contribution >= 4 is 22.2 Å². The topological polar surface area (TPSA) is 12.0 Å². The second-order valence-corrected chi connectivity index (χ2v) is 5.95. The summed E-state index contributed by atoms with van der Waals surface area (Å²) in [7, 11) is -0.0318. The van der Waals surface area contributed by atoms with Crippen LogP contribution in [-0.2, 0) is 6.42 Å². The average Bonchev–Trinajstić information content (AvgIpc) is 2.40. The van der Waals surface area contributed by atoms with Gasteiger partial charge >= 0.3 is 0 Å². The maximum atomic E-state index is 4.21. The SMILES string of the molecule is C=S(CCc1ccccc1)Nc1ccccc1C. The highest BCUT2D eigenvalue weighted by molar-refractivity contribution is 8.15. The molecule has 2 heteroatoms. The lowest BCUT2D eigenvalue weighted by Crippen LogP contribution is -1.98. The van der Waals surface area contributed by atoms with Gasteiger partial charge in [0.15, 0.2) is 0 Å². The Morgan fingerprint density at radius 2 is 1.67 bits per heavy atom. The van der Waals surface area contributed by atoms with Gasteiger partial charge in [-0.05, 0) is 30.5 Å². The predicted molar refractivity (Wildman–Crippen MR) is 84.5 cm³/mol. The summed E-state index contributed by atoms with van der Waals surface area (Å²) < 4.78 is 3.50. The van der Waals surface area contributed by atoms with Crippen LogP contribution in [0.4, 0.5) is 5.69 Å². The first-order chi connectivity index (χ1) is 8.75. The molecule has 1 N–H and O–H groups in total. The van der Waals surface area contributed by atoms with Crippen molar-refractivity contribution in [1.82, 2.24) is 0 Å². The summed E-state index contributed by atoms with van der Waals surface area (Å²) in [5.41, 5.74) is 3.85. The molecular formula is C16H19NS. The number of aryl methyl sites for hydroxylation is 2. The highest BCUT2D eigenvalue weighted by Gasteiger charge is 1.98. The number of anilines is 1. The zero-order valence-electron chi connectivity index (χ0n) is 10.7. The first-order valence-corrected chi connectivity index (χ1v) is 7.69. The Morgan fingerprint density at radius 3 is 2.39 bits per heavy atom. The van der Waals surface area contributed by atoms with Crippen molar-refractivity contribution in [1.29, 1.82) is 0 Å². The molecule has 0 heterocycles. The molecule has 0 aliphatic rings. The van der Waals surface area contributed by atoms with Gasteiger partial charge in [0.1, 0.15) is 0 Å². The van der Waals surface area contributed by atoms with Gasteiger partial charge in [-0.1, -0.05) is 54.4 Å². The van der Waals surface area contributed by atoms with E-state index in [1.807, 2.05) is 0 Å². The van der Waals surface area contributed by atoms with Gasteiger partial charge in [-0.25, -0.2) is 0 Å². The minimum Gasteiger partial charge on any atom is -0.336 e. The van der Waals surface area contributed by atoms with Gasteiger partial charge in [0.25, 0.3) is 0 Å². The van der Waals surface area contributed by atoms with Crippen molar-refractivity contribution in [2.45, 2.75) is 13.3 Å². The second-order valence-electron chi connectivity index (χ2n) is 4.35. The molecule has 0 saturated heterocycles. The molecule has 2 aromatic carbocycles. The van der Waals surface area contributed by atoms with Crippen LogP contribution >= 0.6 is 10.7 Å². The van der Waals surface area contributed by atoms with E-state index in [1.165, 1.54) is 16.8 Å². The normalized spacial score (nSPS) is 12.1. The van der Waals surface area contributed by atoms with Crippen molar-refractivity contribution in [3.8, 4) is 0 Å². The molecule has 0 radical (unpaired) electrons. The molecule has 1 nitrogen and oxygen atoms in total. The molecule has 1 atom stereocenters. The molecule has 0 aromatic heterocycles. The summed E-state index contributed by atoms with van der Waals surface area (Å²) in [4.78, 5) is 0. The Labute approximate surface area is 112 Å². The van der Waals surface area contributed by atoms with Gasteiger partial charge in [-0.2, -0.15) is 0 Å². The van der Waals surface area contributed by atoms with E-state index in [-0.39, 0.29) is 10.7 Å². The minimum absolute atomic E-state index is 0.0318. The van der Waals surface area contributed by atoms with Gasteiger partial charge in [0, 0.05) is 11.4 Å². The fraction of sp³-hybridized carbons (Fsp3) is 0.188. The molecule has 0 aliphatic carbocycles. The Morgan fingerprint density at radius 1 is 1.00 bits per heavy atom. The van der Waals surface area contributed by atoms with Crippen LogP contribution in [0.5, 0.6) is 0 Å². The van der Waals surface area contributed by atoms with Crippen molar-refractivity contribution in [2.75, 3.05) is 10.5 Å². The fourth-order valence-corrected chi connectivity index (χ4v) is 2.90. The lowest BCUT2D eigenvalue weighted by molar-refractivity contribution is 1.16. The zero-order chi connectivity index (χ0) is 12.8. The van der Waals surface area contributed by atoms with Crippen LogP contribution in [0.1, 0.15) is 11.1 Å². The number of hydrogen-bond donors (Lipinski definition) is 1. The molecule has 18 heavy (non-hydrogen) atoms. The van der Waals surface area contributed by atoms with Crippen LogP contribution in [0.3, 0.4) is 0 Å². The standard InChI is InChI=1S/C16H19NS/c1-14-8-6-7-11-16(14)17-18(2)13-12-15-9-4-3-5-10-15/h3-11,17H,2,12-13H2,1H3. The van der Waals surface area contributed by atoms with Crippen LogP contribution < -0.4 is 4.72 Å². The molecule has 2 rings (SSSR count). The van der Waals surface area contributed by atoms with Gasteiger partial charge in [0.2, 0.25) is 0 Å². The van der Waals surface area contributed by atoms with Gasteiger partial charge < -0.3 is 4.72 Å². The number of hydrogen-bond acceptors (Lipinski definition) is 1. The molecule has 0 amide bonds. The van der Waals surface area contributed by atoms with Crippen LogP contribution in [0.2, 0.25) is 0 Å². The number of benzene rings is 2. The monoisotopic (exact) mass is 257 g/mol. The summed E-state index contributed by atoms with van der Waals surface area (Å²) in [6.45, 7) is 2.12. The van der Waals surface area contributed by atoms with Crippen LogP contribution in [0.15, 0.2) is 54.6 Å². The lowest BCUT2D eigenvalue weighted by Gasteiger charge is -2.13. The van der Waals surface area contributed by atoms with Gasteiger partial charge in [-0.15, -0.1) is 10.7 Å². The lowest BCUT2D eigenvalue weighted by atomic mass is 10.2. The number of nitrogens with one attached hydrogen (secondary N) is 1. The zero-order valence-corrected chi connectivity index (χ0v) is 11.5. The van der Waals surface area contributed by atoms with Gasteiger partial charge in [-0.3, -0.25) is 0 Å². The van der Waals surface area contributed by atoms with Crippen molar-refractivity contribution in [3.05, 3.63) is 65.7 Å². The van der Waals surface area contributed by atoms with E-state index in [0.29, 0.717) is 0 Å². The first kappa shape index (κ1) is 12.9. The Balaban J connectivity index is 1.88. The molecule has 0 fully saturated rings. The highest BCUT2D eigenvalue weighted by atomic mass is 32.2. The van der Waals surface area contributed by atoms with Crippen LogP contribution in [-0.4, -0.2) is 11.6 Å². The van der Waals surface area contributed by atoms with Gasteiger partial charge in [0.05, 0.1) is 0 Å². The van der Waals surface area contributed by atoms with E-state index in [0.717, 1.165) is 12.2 Å². The highest BCUT2D eigenvalue weighted by Crippen LogP contribution is 2.21. The van der Waals surface area contributed by atoms with E-state index < -0.39 is 0 Å². The summed E-state index contributed by atoms with van der Waals surface area (Å²) in [6.07, 6.45) is 1.08. The first-order valence-electron chi connectivity index (χ1n) is 6.12. The Bertz CT molecular complexity index is 520. The summed E-state index contributed by atoms with van der Waals surface area (Å²) in [5.74, 6) is 5.27. The molecule has 2 aromatic rings. The Hall–Kier alpha value is -1.54. The third kappa shape index (κ3) is 3.74. The largest absolute Gasteiger partial charge is 0.336 e. The molecule has 94 valence electrons. The smallest absolute Gasteiger partial charge is 0.0464 e. The average molecular weight is 257 g/mol. The van der Waals surface area contributed by atoms with E-state index in [9.17, 15) is 0 Å². The van der Waals surface area contributed by atoms with Crippen molar-refractivity contribution in [2.24, 2.45) is 0 Å². The number of rotatable bonds is 5. The molecule has 1 unspecified atom stereocenters. The molecule has 0 aliphatic heterocycles. The third-order valence-corrected chi connectivity index (χ3v) is 4.08. The van der Waals surface area contributed by atoms with E-state index >= 15 is 0 Å².